The van der Waals surface area contributed by atoms with E-state index < -0.39 is 0 Å². The molecule has 0 fully saturated rings. The molecule has 0 spiro atoms. The van der Waals surface area contributed by atoms with E-state index >= 15 is 0 Å². The normalized spacial score (nSPS) is 8.38. The van der Waals surface area contributed by atoms with E-state index in [1.807, 2.05) is 30.3 Å². The van der Waals surface area contributed by atoms with Gasteiger partial charge in [0.2, 0.25) is 0 Å². The van der Waals surface area contributed by atoms with Crippen LogP contribution in [0.3, 0.4) is 0 Å². The van der Waals surface area contributed by atoms with Gasteiger partial charge in [-0.25, -0.2) is 0 Å². The molecule has 66 valence electrons. The molecule has 0 N–H and O–H groups in total. The molecule has 0 aliphatic carbocycles. The molecule has 0 saturated heterocycles. The molecule has 0 radical (unpaired) electrons. The van der Waals surface area contributed by atoms with Gasteiger partial charge in [-0.1, -0.05) is 29.8 Å². The van der Waals surface area contributed by atoms with Crippen LogP contribution in [-0.4, -0.2) is 15.4 Å². The predicted octanol–water partition coefficient (Wildman–Crippen LogP) is 2.21. The van der Waals surface area contributed by atoms with Crippen molar-refractivity contribution in [2.75, 3.05) is 0 Å². The van der Waals surface area contributed by atoms with Crippen LogP contribution in [0.2, 0.25) is 5.02 Å². The van der Waals surface area contributed by atoms with Gasteiger partial charge in [0, 0.05) is 5.02 Å². The molecule has 1 aromatic heterocycles. The maximum atomic E-state index is 5.54. The average molecular weight is 194 g/mol. The lowest BCUT2D eigenvalue weighted by molar-refractivity contribution is 0.865. The van der Waals surface area contributed by atoms with Gasteiger partial charge in [-0.3, -0.25) is 0 Å². The van der Waals surface area contributed by atoms with Crippen molar-refractivity contribution in [3.05, 3.63) is 53.8 Å². The fourth-order valence-electron chi connectivity index (χ4n) is 0.620. The maximum Gasteiger partial charge on any atom is 0.0529 e. The molecule has 0 aliphatic heterocycles. The number of hydrogen-bond donors (Lipinski definition) is 0. The number of nitrogens with zero attached hydrogens (tertiary/aromatic N) is 3. The summed E-state index contributed by atoms with van der Waals surface area (Å²) in [5.74, 6) is 0. The first kappa shape index (κ1) is 9.61. The van der Waals surface area contributed by atoms with Crippen LogP contribution < -0.4 is 0 Å². The Labute approximate surface area is 81.4 Å². The summed E-state index contributed by atoms with van der Waals surface area (Å²) in [6.07, 6.45) is 3.15. The fraction of sp³-hybridized carbons (Fsp3) is 0. The van der Waals surface area contributed by atoms with E-state index in [1.54, 1.807) is 18.5 Å². The van der Waals surface area contributed by atoms with Crippen molar-refractivity contribution in [3.63, 3.8) is 0 Å². The van der Waals surface area contributed by atoms with Crippen LogP contribution in [0.25, 0.3) is 0 Å². The van der Waals surface area contributed by atoms with E-state index in [9.17, 15) is 0 Å². The third kappa shape index (κ3) is 4.87. The van der Waals surface area contributed by atoms with Gasteiger partial charge in [0.15, 0.2) is 0 Å². The molecule has 1 aromatic carbocycles. The minimum absolute atomic E-state index is 0.794. The minimum atomic E-state index is 0.794. The Bertz CT molecular complexity index is 285. The van der Waals surface area contributed by atoms with Crippen LogP contribution >= 0.6 is 11.6 Å². The second-order valence-corrected chi connectivity index (χ2v) is 2.54. The van der Waals surface area contributed by atoms with E-state index in [-0.39, 0.29) is 0 Å². The molecule has 2 rings (SSSR count). The Morgan fingerprint density at radius 2 is 1.46 bits per heavy atom. The van der Waals surface area contributed by atoms with Crippen LogP contribution in [0.4, 0.5) is 0 Å². The number of aromatic nitrogens is 3. The van der Waals surface area contributed by atoms with Crippen molar-refractivity contribution >= 4 is 11.6 Å². The molecule has 0 saturated carbocycles. The van der Waals surface area contributed by atoms with Crippen LogP contribution in [-0.2, 0) is 0 Å². The average Bonchev–Trinajstić information content (AvgIpc) is 2.22. The first-order chi connectivity index (χ1) is 6.39. The Kier molecular flexibility index (Phi) is 4.49. The van der Waals surface area contributed by atoms with Crippen LogP contribution in [0.15, 0.2) is 48.8 Å². The summed E-state index contributed by atoms with van der Waals surface area (Å²) in [5, 5.41) is 10.9. The van der Waals surface area contributed by atoms with Gasteiger partial charge in [0.1, 0.15) is 0 Å². The Balaban J connectivity index is 0.000000132. The topological polar surface area (TPSA) is 38.7 Å². The van der Waals surface area contributed by atoms with Crippen LogP contribution in [0, 0.1) is 0 Å². The van der Waals surface area contributed by atoms with Crippen molar-refractivity contribution in [3.8, 4) is 0 Å². The summed E-state index contributed by atoms with van der Waals surface area (Å²) in [5.41, 5.74) is 0. The number of halogens is 1. The highest BCUT2D eigenvalue weighted by Gasteiger charge is 1.74. The molecule has 2 aromatic rings. The van der Waals surface area contributed by atoms with Gasteiger partial charge < -0.3 is 0 Å². The summed E-state index contributed by atoms with van der Waals surface area (Å²) in [6, 6.07) is 11.2. The lowest BCUT2D eigenvalue weighted by Gasteiger charge is -1.80. The lowest BCUT2D eigenvalue weighted by Crippen LogP contribution is -1.78. The molecule has 0 aliphatic rings. The monoisotopic (exact) mass is 193 g/mol. The summed E-state index contributed by atoms with van der Waals surface area (Å²) in [7, 11) is 0. The first-order valence-electron chi connectivity index (χ1n) is 3.68. The quantitative estimate of drug-likeness (QED) is 0.644. The van der Waals surface area contributed by atoms with E-state index in [0.29, 0.717) is 0 Å². The second-order valence-electron chi connectivity index (χ2n) is 2.11. The Morgan fingerprint density at radius 3 is 1.69 bits per heavy atom. The van der Waals surface area contributed by atoms with E-state index in [2.05, 4.69) is 15.4 Å². The maximum absolute atomic E-state index is 5.54. The van der Waals surface area contributed by atoms with Gasteiger partial charge in [-0.2, -0.15) is 0 Å². The number of benzene rings is 1. The van der Waals surface area contributed by atoms with Gasteiger partial charge >= 0.3 is 0 Å². The SMILES string of the molecule is Clc1ccccc1.c1cnnnc1. The summed E-state index contributed by atoms with van der Waals surface area (Å²) in [4.78, 5) is 0. The molecule has 1 heterocycles. The highest BCUT2D eigenvalue weighted by atomic mass is 35.5. The van der Waals surface area contributed by atoms with Crippen LogP contribution in [0.1, 0.15) is 0 Å². The summed E-state index contributed by atoms with van der Waals surface area (Å²) in [6.45, 7) is 0. The third-order valence-electron chi connectivity index (χ3n) is 1.14. The van der Waals surface area contributed by atoms with Gasteiger partial charge in [-0.15, -0.1) is 10.2 Å². The predicted molar refractivity (Wildman–Crippen MR) is 51.3 cm³/mol. The lowest BCUT2D eigenvalue weighted by atomic mass is 10.4. The second kappa shape index (κ2) is 6.08. The van der Waals surface area contributed by atoms with Gasteiger partial charge in [0.05, 0.1) is 12.4 Å². The zero-order valence-electron chi connectivity index (χ0n) is 6.84. The zero-order chi connectivity index (χ0) is 9.36. The van der Waals surface area contributed by atoms with Gasteiger partial charge in [-0.05, 0) is 23.4 Å². The zero-order valence-corrected chi connectivity index (χ0v) is 7.59. The molecule has 13 heavy (non-hydrogen) atoms. The van der Waals surface area contributed by atoms with Crippen molar-refractivity contribution in [1.29, 1.82) is 0 Å². The van der Waals surface area contributed by atoms with E-state index in [1.165, 1.54) is 0 Å². The smallest absolute Gasteiger partial charge is 0.0529 e. The summed E-state index contributed by atoms with van der Waals surface area (Å²) >= 11 is 5.54. The third-order valence-corrected chi connectivity index (χ3v) is 1.39. The largest absolute Gasteiger partial charge is 0.139 e. The first-order valence-corrected chi connectivity index (χ1v) is 4.06. The van der Waals surface area contributed by atoms with E-state index in [0.717, 1.165) is 5.02 Å². The standard InChI is InChI=1S/C6H5Cl.C3H3N3/c7-6-4-2-1-3-5-6;1-2-4-6-5-3-1/h1-5H;1-3H. The highest BCUT2D eigenvalue weighted by Crippen LogP contribution is 2.03. The van der Waals surface area contributed by atoms with Crippen molar-refractivity contribution in [2.24, 2.45) is 0 Å². The molecule has 0 unspecified atom stereocenters. The highest BCUT2D eigenvalue weighted by molar-refractivity contribution is 6.30. The molecule has 4 heteroatoms. The molecular weight excluding hydrogens is 186 g/mol. The molecule has 0 bridgehead atoms. The van der Waals surface area contributed by atoms with E-state index in [4.69, 9.17) is 11.6 Å². The fourth-order valence-corrected chi connectivity index (χ4v) is 0.765. The molecule has 0 amide bonds. The van der Waals surface area contributed by atoms with Crippen molar-refractivity contribution in [1.82, 2.24) is 15.4 Å². The minimum Gasteiger partial charge on any atom is -0.139 e. The van der Waals surface area contributed by atoms with Crippen LogP contribution in [0.5, 0.6) is 0 Å². The molecular formula is C9H8ClN3. The van der Waals surface area contributed by atoms with Crippen molar-refractivity contribution in [2.45, 2.75) is 0 Å². The Morgan fingerprint density at radius 1 is 0.846 bits per heavy atom. The molecule has 3 nitrogen and oxygen atoms in total. The Hall–Kier alpha value is -1.48. The molecule has 0 atom stereocenters. The number of hydrogen-bond acceptors (Lipinski definition) is 3. The van der Waals surface area contributed by atoms with Gasteiger partial charge in [0.25, 0.3) is 0 Å². The number of rotatable bonds is 0. The summed E-state index contributed by atoms with van der Waals surface area (Å²) < 4.78 is 0. The van der Waals surface area contributed by atoms with Crippen molar-refractivity contribution < 1.29 is 0 Å².